The Morgan fingerprint density at radius 2 is 2.17 bits per heavy atom. The second kappa shape index (κ2) is 5.53. The summed E-state index contributed by atoms with van der Waals surface area (Å²) in [6.07, 6.45) is 1.62. The number of halogens is 1. The standard InChI is InChI=1S/C17H18FN3O2/c1-17(2)8-14(12-7-11(19)4-6-15(12)23-17)21-16(22)13-5-3-10(18)9-20-13/h3-7,9,14H,8,19H2,1-2H3,(H,21,22). The lowest BCUT2D eigenvalue weighted by molar-refractivity contribution is 0.0618. The van der Waals surface area contributed by atoms with Crippen molar-refractivity contribution in [1.82, 2.24) is 10.3 Å². The predicted octanol–water partition coefficient (Wildman–Crippen LogP) is 2.84. The van der Waals surface area contributed by atoms with Crippen molar-refractivity contribution in [1.29, 1.82) is 0 Å². The summed E-state index contributed by atoms with van der Waals surface area (Å²) < 4.78 is 18.9. The van der Waals surface area contributed by atoms with Crippen molar-refractivity contribution >= 4 is 11.6 Å². The smallest absolute Gasteiger partial charge is 0.270 e. The Morgan fingerprint density at radius 3 is 2.87 bits per heavy atom. The van der Waals surface area contributed by atoms with Crippen molar-refractivity contribution in [3.63, 3.8) is 0 Å². The van der Waals surface area contributed by atoms with Crippen LogP contribution < -0.4 is 15.8 Å². The molecule has 3 N–H and O–H groups in total. The van der Waals surface area contributed by atoms with Gasteiger partial charge in [-0.2, -0.15) is 0 Å². The fourth-order valence-electron chi connectivity index (χ4n) is 2.74. The molecule has 2 aromatic rings. The first-order valence-electron chi connectivity index (χ1n) is 7.35. The fourth-order valence-corrected chi connectivity index (χ4v) is 2.74. The summed E-state index contributed by atoms with van der Waals surface area (Å²) in [5.41, 5.74) is 7.03. The van der Waals surface area contributed by atoms with E-state index in [9.17, 15) is 9.18 Å². The second-order valence-corrected chi connectivity index (χ2v) is 6.25. The highest BCUT2D eigenvalue weighted by Gasteiger charge is 2.34. The van der Waals surface area contributed by atoms with Crippen LogP contribution in [0.5, 0.6) is 5.75 Å². The SMILES string of the molecule is CC1(C)CC(NC(=O)c2ccc(F)cn2)c2cc(N)ccc2O1. The van der Waals surface area contributed by atoms with Gasteiger partial charge in [-0.25, -0.2) is 9.37 Å². The van der Waals surface area contributed by atoms with Crippen LogP contribution in [-0.2, 0) is 0 Å². The number of rotatable bonds is 2. The normalized spacial score (nSPS) is 18.7. The fraction of sp³-hybridized carbons (Fsp3) is 0.294. The zero-order chi connectivity index (χ0) is 16.6. The molecule has 0 saturated heterocycles. The summed E-state index contributed by atoms with van der Waals surface area (Å²) >= 11 is 0. The van der Waals surface area contributed by atoms with Crippen LogP contribution in [0.25, 0.3) is 0 Å². The van der Waals surface area contributed by atoms with Gasteiger partial charge in [-0.1, -0.05) is 0 Å². The van der Waals surface area contributed by atoms with Gasteiger partial charge >= 0.3 is 0 Å². The molecule has 23 heavy (non-hydrogen) atoms. The monoisotopic (exact) mass is 315 g/mol. The van der Waals surface area contributed by atoms with Gasteiger partial charge in [0.1, 0.15) is 22.9 Å². The molecule has 1 atom stereocenters. The molecular formula is C17H18FN3O2. The Labute approximate surface area is 133 Å². The molecular weight excluding hydrogens is 297 g/mol. The van der Waals surface area contributed by atoms with Crippen LogP contribution in [0, 0.1) is 5.82 Å². The van der Waals surface area contributed by atoms with E-state index < -0.39 is 11.4 Å². The van der Waals surface area contributed by atoms with Crippen molar-refractivity contribution in [3.8, 4) is 5.75 Å². The third-order valence-corrected chi connectivity index (χ3v) is 3.76. The van der Waals surface area contributed by atoms with Gasteiger partial charge in [0.25, 0.3) is 5.91 Å². The van der Waals surface area contributed by atoms with Gasteiger partial charge in [0, 0.05) is 17.7 Å². The molecule has 0 aliphatic carbocycles. The Balaban J connectivity index is 1.88. The van der Waals surface area contributed by atoms with Crippen molar-refractivity contribution < 1.29 is 13.9 Å². The zero-order valence-corrected chi connectivity index (χ0v) is 13.0. The summed E-state index contributed by atoms with van der Waals surface area (Å²) in [6, 6.07) is 7.68. The maximum Gasteiger partial charge on any atom is 0.270 e. The van der Waals surface area contributed by atoms with Crippen LogP contribution in [0.3, 0.4) is 0 Å². The number of amides is 1. The van der Waals surface area contributed by atoms with Gasteiger partial charge in [-0.05, 0) is 44.2 Å². The minimum atomic E-state index is -0.480. The molecule has 0 radical (unpaired) electrons. The number of nitrogen functional groups attached to an aromatic ring is 1. The number of carbonyl (C=O) groups is 1. The lowest BCUT2D eigenvalue weighted by Crippen LogP contribution is -2.41. The first-order valence-corrected chi connectivity index (χ1v) is 7.35. The Bertz CT molecular complexity index is 744. The Kier molecular flexibility index (Phi) is 3.67. The molecule has 120 valence electrons. The van der Waals surface area contributed by atoms with Gasteiger partial charge in [0.15, 0.2) is 0 Å². The van der Waals surface area contributed by atoms with Crippen LogP contribution in [0.4, 0.5) is 10.1 Å². The lowest BCUT2D eigenvalue weighted by atomic mass is 9.89. The van der Waals surface area contributed by atoms with Crippen molar-refractivity contribution in [3.05, 3.63) is 53.6 Å². The number of aromatic nitrogens is 1. The first-order chi connectivity index (χ1) is 10.8. The van der Waals surface area contributed by atoms with Crippen LogP contribution in [-0.4, -0.2) is 16.5 Å². The zero-order valence-electron chi connectivity index (χ0n) is 13.0. The predicted molar refractivity (Wildman–Crippen MR) is 84.6 cm³/mol. The molecule has 1 aromatic heterocycles. The van der Waals surface area contributed by atoms with Gasteiger partial charge in [-0.15, -0.1) is 0 Å². The summed E-state index contributed by atoms with van der Waals surface area (Å²) in [5, 5.41) is 2.93. The quantitative estimate of drug-likeness (QED) is 0.835. The molecule has 0 bridgehead atoms. The van der Waals surface area contributed by atoms with E-state index in [1.165, 1.54) is 12.1 Å². The Hall–Kier alpha value is -2.63. The number of benzene rings is 1. The minimum Gasteiger partial charge on any atom is -0.487 e. The van der Waals surface area contributed by atoms with E-state index in [2.05, 4.69) is 10.3 Å². The number of ether oxygens (including phenoxy) is 1. The van der Waals surface area contributed by atoms with E-state index in [1.54, 1.807) is 18.2 Å². The van der Waals surface area contributed by atoms with Crippen molar-refractivity contribution in [2.24, 2.45) is 0 Å². The second-order valence-electron chi connectivity index (χ2n) is 6.25. The van der Waals surface area contributed by atoms with Crippen molar-refractivity contribution in [2.75, 3.05) is 5.73 Å². The van der Waals surface area contributed by atoms with Gasteiger partial charge in [-0.3, -0.25) is 4.79 Å². The number of nitrogens with zero attached hydrogens (tertiary/aromatic N) is 1. The average Bonchev–Trinajstić information content (AvgIpc) is 2.48. The molecule has 1 unspecified atom stereocenters. The number of carbonyl (C=O) groups excluding carboxylic acids is 1. The summed E-state index contributed by atoms with van der Waals surface area (Å²) in [7, 11) is 0. The van der Waals surface area contributed by atoms with Gasteiger partial charge in [0.2, 0.25) is 0 Å². The van der Waals surface area contributed by atoms with Gasteiger partial charge < -0.3 is 15.8 Å². The highest BCUT2D eigenvalue weighted by atomic mass is 19.1. The summed E-state index contributed by atoms with van der Waals surface area (Å²) in [6.45, 7) is 3.92. The number of nitrogens with two attached hydrogens (primary N) is 1. The van der Waals surface area contributed by atoms with Crippen LogP contribution in [0.15, 0.2) is 36.5 Å². The van der Waals surface area contributed by atoms with Crippen LogP contribution in [0.2, 0.25) is 0 Å². The van der Waals surface area contributed by atoms with Gasteiger partial charge in [0.05, 0.1) is 12.2 Å². The topological polar surface area (TPSA) is 77.2 Å². The van der Waals surface area contributed by atoms with E-state index in [0.717, 1.165) is 11.8 Å². The van der Waals surface area contributed by atoms with Crippen LogP contribution in [0.1, 0.15) is 42.4 Å². The number of nitrogens with one attached hydrogen (secondary N) is 1. The van der Waals surface area contributed by atoms with E-state index in [0.29, 0.717) is 17.9 Å². The molecule has 5 nitrogen and oxygen atoms in total. The highest BCUT2D eigenvalue weighted by Crippen LogP contribution is 2.40. The summed E-state index contributed by atoms with van der Waals surface area (Å²) in [4.78, 5) is 16.2. The van der Waals surface area contributed by atoms with E-state index >= 15 is 0 Å². The van der Waals surface area contributed by atoms with Crippen LogP contribution >= 0.6 is 0 Å². The van der Waals surface area contributed by atoms with E-state index in [4.69, 9.17) is 10.5 Å². The molecule has 1 aliphatic rings. The summed E-state index contributed by atoms with van der Waals surface area (Å²) in [5.74, 6) is -0.138. The average molecular weight is 315 g/mol. The third-order valence-electron chi connectivity index (χ3n) is 3.76. The minimum absolute atomic E-state index is 0.168. The maximum absolute atomic E-state index is 12.9. The first kappa shape index (κ1) is 15.3. The molecule has 1 aromatic carbocycles. The molecule has 1 amide bonds. The molecule has 0 spiro atoms. The van der Waals surface area contributed by atoms with E-state index in [-0.39, 0.29) is 17.6 Å². The molecule has 0 fully saturated rings. The number of hydrogen-bond donors (Lipinski definition) is 2. The molecule has 2 heterocycles. The number of anilines is 1. The number of pyridine rings is 1. The number of fused-ring (bicyclic) bond motifs is 1. The molecule has 3 rings (SSSR count). The molecule has 6 heteroatoms. The van der Waals surface area contributed by atoms with Crippen molar-refractivity contribution in [2.45, 2.75) is 31.9 Å². The lowest BCUT2D eigenvalue weighted by Gasteiger charge is -2.38. The molecule has 1 aliphatic heterocycles. The number of hydrogen-bond acceptors (Lipinski definition) is 4. The highest BCUT2D eigenvalue weighted by molar-refractivity contribution is 5.92. The largest absolute Gasteiger partial charge is 0.487 e. The maximum atomic E-state index is 12.9. The Morgan fingerprint density at radius 1 is 1.39 bits per heavy atom. The third kappa shape index (κ3) is 3.26. The molecule has 0 saturated carbocycles. The van der Waals surface area contributed by atoms with E-state index in [1.807, 2.05) is 13.8 Å².